The van der Waals surface area contributed by atoms with Gasteiger partial charge in [-0.25, -0.2) is 0 Å². The van der Waals surface area contributed by atoms with E-state index in [4.69, 9.17) is 7.85 Å². The lowest BCUT2D eigenvalue weighted by molar-refractivity contribution is -0.123. The second-order valence-electron chi connectivity index (χ2n) is 9.81. The molecule has 1 aromatic carbocycles. The Balaban J connectivity index is 2.21. The second kappa shape index (κ2) is 8.84. The Hall–Kier alpha value is -1.58. The number of carbonyl (C=O) groups excluding carboxylic acids is 2. The lowest BCUT2D eigenvalue weighted by atomic mass is 9.62. The van der Waals surface area contributed by atoms with E-state index in [-0.39, 0.29) is 28.5 Å². The van der Waals surface area contributed by atoms with Crippen molar-refractivity contribution in [1.29, 1.82) is 0 Å². The van der Waals surface area contributed by atoms with Crippen molar-refractivity contribution in [1.82, 2.24) is 0 Å². The van der Waals surface area contributed by atoms with Crippen molar-refractivity contribution in [3.63, 3.8) is 0 Å². The Kier molecular flexibility index (Phi) is 7.17. The van der Waals surface area contributed by atoms with E-state index in [1.54, 1.807) is 0 Å². The number of hydrogen-bond donors (Lipinski definition) is 0. The number of benzene rings is 1. The number of carbonyl (C=O) groups is 2. The molecule has 1 unspecified atom stereocenters. The van der Waals surface area contributed by atoms with Crippen LogP contribution in [0.4, 0.5) is 5.69 Å². The Labute approximate surface area is 172 Å². The molecule has 4 heteroatoms. The Morgan fingerprint density at radius 3 is 2.04 bits per heavy atom. The van der Waals surface area contributed by atoms with Gasteiger partial charge in [0.05, 0.1) is 19.5 Å². The summed E-state index contributed by atoms with van der Waals surface area (Å²) in [5.74, 6) is 0.0531. The van der Waals surface area contributed by atoms with Crippen LogP contribution in [0.15, 0.2) is 24.3 Å². The third kappa shape index (κ3) is 5.27. The van der Waals surface area contributed by atoms with Gasteiger partial charge in [0, 0.05) is 6.42 Å². The molecule has 1 aliphatic rings. The summed E-state index contributed by atoms with van der Waals surface area (Å²) in [6.07, 6.45) is 5.30. The number of imide groups is 1. The molecule has 2 rings (SSSR count). The summed E-state index contributed by atoms with van der Waals surface area (Å²) in [7, 11) is 6.22. The quantitative estimate of drug-likeness (QED) is 0.399. The van der Waals surface area contributed by atoms with Crippen LogP contribution in [-0.4, -0.2) is 19.7 Å². The predicted molar refractivity (Wildman–Crippen MR) is 118 cm³/mol. The predicted octanol–water partition coefficient (Wildman–Crippen LogP) is 5.82. The van der Waals surface area contributed by atoms with Gasteiger partial charge < -0.3 is 0 Å². The van der Waals surface area contributed by atoms with Crippen molar-refractivity contribution in [2.75, 3.05) is 4.90 Å². The zero-order valence-corrected chi connectivity index (χ0v) is 18.5. The standard InChI is InChI=1S/C24H36BNO2/c1-7-9-17(10-8-2)20-15-21(27)26(22(20)28)19-13-11-18(12-14-19)23(3,4)16-24(5,6)25/h11-14,17,20H,7-10,15-16H2,1-6H3. The second-order valence-corrected chi connectivity index (χ2v) is 9.81. The molecule has 1 atom stereocenters. The van der Waals surface area contributed by atoms with Crippen molar-refractivity contribution in [2.24, 2.45) is 11.8 Å². The highest BCUT2D eigenvalue weighted by molar-refractivity contribution is 6.21. The summed E-state index contributed by atoms with van der Waals surface area (Å²) in [5.41, 5.74) is 1.78. The summed E-state index contributed by atoms with van der Waals surface area (Å²) in [6.45, 7) is 12.7. The highest BCUT2D eigenvalue weighted by atomic mass is 16.2. The molecular weight excluding hydrogens is 345 g/mol. The third-order valence-electron chi connectivity index (χ3n) is 5.87. The smallest absolute Gasteiger partial charge is 0.237 e. The molecule has 0 aliphatic carbocycles. The van der Waals surface area contributed by atoms with Gasteiger partial charge in [-0.2, -0.15) is 0 Å². The van der Waals surface area contributed by atoms with Gasteiger partial charge in [-0.1, -0.05) is 71.8 Å². The molecule has 0 saturated carbocycles. The first-order valence-corrected chi connectivity index (χ1v) is 10.8. The molecule has 1 fully saturated rings. The molecule has 0 spiro atoms. The summed E-state index contributed by atoms with van der Waals surface area (Å²) in [4.78, 5) is 27.1. The Bertz CT molecular complexity index is 682. The average molecular weight is 381 g/mol. The van der Waals surface area contributed by atoms with Crippen LogP contribution in [0.5, 0.6) is 0 Å². The molecule has 3 nitrogen and oxygen atoms in total. The fourth-order valence-corrected chi connectivity index (χ4v) is 4.89. The number of rotatable bonds is 9. The van der Waals surface area contributed by atoms with E-state index in [0.29, 0.717) is 18.0 Å². The fraction of sp³-hybridized carbons (Fsp3) is 0.667. The molecule has 0 aromatic heterocycles. The van der Waals surface area contributed by atoms with Crippen molar-refractivity contribution in [3.05, 3.63) is 29.8 Å². The van der Waals surface area contributed by atoms with Gasteiger partial charge in [-0.05, 0) is 48.3 Å². The Morgan fingerprint density at radius 1 is 1.04 bits per heavy atom. The van der Waals surface area contributed by atoms with Crippen LogP contribution >= 0.6 is 0 Å². The molecule has 1 saturated heterocycles. The molecule has 152 valence electrons. The van der Waals surface area contributed by atoms with Crippen molar-refractivity contribution in [3.8, 4) is 0 Å². The Morgan fingerprint density at radius 2 is 1.57 bits per heavy atom. The minimum absolute atomic E-state index is 0.0213. The van der Waals surface area contributed by atoms with Gasteiger partial charge >= 0.3 is 0 Å². The van der Waals surface area contributed by atoms with Crippen LogP contribution in [-0.2, 0) is 15.0 Å². The molecule has 1 aliphatic heterocycles. The van der Waals surface area contributed by atoms with Crippen LogP contribution in [0.2, 0.25) is 5.31 Å². The molecule has 28 heavy (non-hydrogen) atoms. The third-order valence-corrected chi connectivity index (χ3v) is 5.87. The summed E-state index contributed by atoms with van der Waals surface area (Å²) in [6, 6.07) is 7.88. The zero-order valence-electron chi connectivity index (χ0n) is 18.5. The zero-order chi connectivity index (χ0) is 21.1. The normalized spacial score (nSPS) is 18.4. The maximum absolute atomic E-state index is 13.1. The molecule has 0 N–H and O–H groups in total. The fourth-order valence-electron chi connectivity index (χ4n) is 4.89. The average Bonchev–Trinajstić information content (AvgIpc) is 2.87. The minimum Gasteiger partial charge on any atom is -0.274 e. The summed E-state index contributed by atoms with van der Waals surface area (Å²) in [5, 5.41) is -0.260. The van der Waals surface area contributed by atoms with E-state index < -0.39 is 0 Å². The first kappa shape index (κ1) is 22.7. The largest absolute Gasteiger partial charge is 0.274 e. The van der Waals surface area contributed by atoms with Gasteiger partial charge in [0.1, 0.15) is 0 Å². The molecule has 1 aromatic rings. The van der Waals surface area contributed by atoms with Gasteiger partial charge in [-0.3, -0.25) is 14.5 Å². The van der Waals surface area contributed by atoms with E-state index in [1.807, 2.05) is 38.1 Å². The molecule has 2 radical (unpaired) electrons. The summed E-state index contributed by atoms with van der Waals surface area (Å²) < 4.78 is 0. The van der Waals surface area contributed by atoms with Crippen LogP contribution in [0.1, 0.15) is 85.6 Å². The van der Waals surface area contributed by atoms with Crippen molar-refractivity contribution < 1.29 is 9.59 Å². The van der Waals surface area contributed by atoms with E-state index in [2.05, 4.69) is 27.7 Å². The lowest BCUT2D eigenvalue weighted by Crippen LogP contribution is -2.32. The number of hydrogen-bond acceptors (Lipinski definition) is 2. The molecule has 0 bridgehead atoms. The van der Waals surface area contributed by atoms with Crippen molar-refractivity contribution >= 4 is 25.3 Å². The SMILES string of the molecule is [B]C(C)(C)CC(C)(C)c1ccc(N2C(=O)CC(C(CCC)CCC)C2=O)cc1. The van der Waals surface area contributed by atoms with Crippen LogP contribution in [0.3, 0.4) is 0 Å². The van der Waals surface area contributed by atoms with E-state index in [9.17, 15) is 9.59 Å². The maximum Gasteiger partial charge on any atom is 0.237 e. The van der Waals surface area contributed by atoms with Gasteiger partial charge in [0.25, 0.3) is 0 Å². The van der Waals surface area contributed by atoms with E-state index in [1.165, 1.54) is 10.5 Å². The van der Waals surface area contributed by atoms with Gasteiger partial charge in [-0.15, -0.1) is 0 Å². The molecular formula is C24H36BNO2. The van der Waals surface area contributed by atoms with Gasteiger partial charge in [0.15, 0.2) is 0 Å². The van der Waals surface area contributed by atoms with Crippen LogP contribution < -0.4 is 4.90 Å². The maximum atomic E-state index is 13.1. The number of amides is 2. The highest BCUT2D eigenvalue weighted by Gasteiger charge is 2.43. The summed E-state index contributed by atoms with van der Waals surface area (Å²) >= 11 is 0. The number of anilines is 1. The van der Waals surface area contributed by atoms with Crippen LogP contribution in [0, 0.1) is 11.8 Å². The first-order chi connectivity index (χ1) is 13.0. The topological polar surface area (TPSA) is 37.4 Å². The van der Waals surface area contributed by atoms with E-state index in [0.717, 1.165) is 32.1 Å². The first-order valence-electron chi connectivity index (χ1n) is 10.8. The minimum atomic E-state index is -0.260. The van der Waals surface area contributed by atoms with E-state index >= 15 is 0 Å². The monoisotopic (exact) mass is 381 g/mol. The van der Waals surface area contributed by atoms with Crippen LogP contribution in [0.25, 0.3) is 0 Å². The lowest BCUT2D eigenvalue weighted by Gasteiger charge is -2.33. The highest BCUT2D eigenvalue weighted by Crippen LogP contribution is 2.40. The molecule has 1 heterocycles. The van der Waals surface area contributed by atoms with Crippen molar-refractivity contribution in [2.45, 2.75) is 90.8 Å². The van der Waals surface area contributed by atoms with Gasteiger partial charge in [0.2, 0.25) is 11.8 Å². The number of nitrogens with zero attached hydrogens (tertiary/aromatic N) is 1. The molecule has 2 amide bonds.